The summed E-state index contributed by atoms with van der Waals surface area (Å²) in [6.07, 6.45) is 2.04. The van der Waals surface area contributed by atoms with Crippen LogP contribution >= 0.6 is 11.7 Å². The van der Waals surface area contributed by atoms with Gasteiger partial charge in [-0.15, -0.1) is 5.10 Å². The lowest BCUT2D eigenvalue weighted by Gasteiger charge is -2.26. The molecule has 2 aromatic heterocycles. The molecule has 0 aliphatic rings. The molecule has 0 aliphatic heterocycles. The van der Waals surface area contributed by atoms with Crippen molar-refractivity contribution in [3.05, 3.63) is 170 Å². The Morgan fingerprint density at radius 3 is 1.39 bits per heavy atom. The molecule has 0 aliphatic carbocycles. The number of hydrogen-bond acceptors (Lipinski definition) is 5. The van der Waals surface area contributed by atoms with Crippen LogP contribution in [0.2, 0.25) is 0 Å². The van der Waals surface area contributed by atoms with E-state index in [9.17, 15) is 0 Å². The molecular formula is C46H37N7S. The van der Waals surface area contributed by atoms with Crippen LogP contribution in [0.25, 0.3) is 44.3 Å². The molecular weight excluding hydrogens is 683 g/mol. The number of hydrogen-bond donors (Lipinski definition) is 0. The first kappa shape index (κ1) is 33.2. The second-order valence-corrected chi connectivity index (χ2v) is 13.7. The molecule has 0 N–H and O–H groups in total. The fraction of sp³-hybridized carbons (Fsp3) is 0.0870. The molecule has 0 fully saturated rings. The van der Waals surface area contributed by atoms with Gasteiger partial charge in [0.1, 0.15) is 5.52 Å². The first-order valence-electron chi connectivity index (χ1n) is 18.3. The van der Waals surface area contributed by atoms with Crippen molar-refractivity contribution in [3.8, 4) is 22.3 Å². The molecule has 8 heteroatoms. The summed E-state index contributed by atoms with van der Waals surface area (Å²) < 4.78 is 11.9. The number of benzene rings is 7. The van der Waals surface area contributed by atoms with E-state index in [2.05, 4.69) is 167 Å². The van der Waals surface area contributed by atoms with Gasteiger partial charge >= 0.3 is 0 Å². The average Bonchev–Trinajstić information content (AvgIpc) is 3.90. The Labute approximate surface area is 318 Å². The highest BCUT2D eigenvalue weighted by Gasteiger charge is 2.24. The van der Waals surface area contributed by atoms with E-state index in [-0.39, 0.29) is 0 Å². The summed E-state index contributed by atoms with van der Waals surface area (Å²) in [4.78, 5) is 4.54. The zero-order chi connectivity index (χ0) is 36.3. The van der Waals surface area contributed by atoms with Gasteiger partial charge < -0.3 is 9.80 Å². The number of fused-ring (bicyclic) bond motifs is 2. The molecule has 0 spiro atoms. The van der Waals surface area contributed by atoms with Crippen molar-refractivity contribution in [1.82, 2.24) is 23.7 Å². The number of aryl methyl sites for hydroxylation is 1. The third-order valence-corrected chi connectivity index (χ3v) is 10.3. The number of anilines is 6. The van der Waals surface area contributed by atoms with Gasteiger partial charge in [0.2, 0.25) is 0 Å². The summed E-state index contributed by atoms with van der Waals surface area (Å²) >= 11 is 1.24. The molecule has 0 unspecified atom stereocenters. The Hall–Kier alpha value is -6.64. The quantitative estimate of drug-likeness (QED) is 0.124. The summed E-state index contributed by atoms with van der Waals surface area (Å²) in [5.74, 6) is 0. The zero-order valence-electron chi connectivity index (χ0n) is 29.8. The van der Waals surface area contributed by atoms with Gasteiger partial charge in [0.15, 0.2) is 0 Å². The molecule has 54 heavy (non-hydrogen) atoms. The SMILES string of the molecule is CCCCn1nnc2c(-c3ccc(N(c4ccccc4)c4ccccc4)cc3)c3[n-][s+]nc3c(-c3ccc(N(c4ccccc4)c4ccccc4)cc3)c21. The van der Waals surface area contributed by atoms with Crippen molar-refractivity contribution in [2.24, 2.45) is 0 Å². The number of nitrogens with zero attached hydrogens (tertiary/aromatic N) is 7. The molecule has 0 amide bonds. The van der Waals surface area contributed by atoms with E-state index in [1.54, 1.807) is 0 Å². The monoisotopic (exact) mass is 719 g/mol. The Balaban J connectivity index is 1.17. The molecule has 9 aromatic rings. The van der Waals surface area contributed by atoms with E-state index in [4.69, 9.17) is 19.1 Å². The van der Waals surface area contributed by atoms with Crippen LogP contribution in [0, 0.1) is 0 Å². The maximum Gasteiger partial charge on any atom is 0.279 e. The van der Waals surface area contributed by atoms with Crippen molar-refractivity contribution in [1.29, 1.82) is 0 Å². The fourth-order valence-corrected chi connectivity index (χ4v) is 7.80. The van der Waals surface area contributed by atoms with Gasteiger partial charge in [-0.1, -0.05) is 116 Å². The number of aromatic nitrogens is 5. The predicted molar refractivity (Wildman–Crippen MR) is 224 cm³/mol. The van der Waals surface area contributed by atoms with Crippen LogP contribution in [0.15, 0.2) is 170 Å². The first-order valence-corrected chi connectivity index (χ1v) is 19.0. The highest BCUT2D eigenvalue weighted by atomic mass is 32.1. The van der Waals surface area contributed by atoms with Crippen LogP contribution in [0.5, 0.6) is 0 Å². The summed E-state index contributed by atoms with van der Waals surface area (Å²) in [5.41, 5.74) is 14.0. The van der Waals surface area contributed by atoms with E-state index < -0.39 is 0 Å². The number of para-hydroxylation sites is 4. The molecule has 9 rings (SSSR count). The third kappa shape index (κ3) is 6.16. The van der Waals surface area contributed by atoms with E-state index >= 15 is 0 Å². The topological polar surface area (TPSA) is 64.2 Å². The van der Waals surface area contributed by atoms with Gasteiger partial charge in [-0.05, 0) is 90.3 Å². The van der Waals surface area contributed by atoms with Crippen molar-refractivity contribution >= 4 is 67.9 Å². The van der Waals surface area contributed by atoms with Gasteiger partial charge in [0.05, 0.1) is 5.52 Å². The van der Waals surface area contributed by atoms with Crippen LogP contribution in [-0.4, -0.2) is 19.4 Å². The van der Waals surface area contributed by atoms with Gasteiger partial charge in [-0.3, -0.25) is 0 Å². The highest BCUT2D eigenvalue weighted by Crippen LogP contribution is 2.44. The van der Waals surface area contributed by atoms with Crippen molar-refractivity contribution in [3.63, 3.8) is 0 Å². The van der Waals surface area contributed by atoms with E-state index in [0.717, 1.165) is 97.8 Å². The average molecular weight is 720 g/mol. The summed E-state index contributed by atoms with van der Waals surface area (Å²) in [6.45, 7) is 2.96. The Bertz CT molecular complexity index is 2540. The second kappa shape index (κ2) is 14.8. The maximum absolute atomic E-state index is 4.95. The largest absolute Gasteiger partial charge is 0.311 e. The molecule has 7 nitrogen and oxygen atoms in total. The van der Waals surface area contributed by atoms with Gasteiger partial charge in [-0.2, -0.15) is 8.75 Å². The van der Waals surface area contributed by atoms with Crippen molar-refractivity contribution in [2.45, 2.75) is 26.3 Å². The molecule has 0 saturated carbocycles. The van der Waals surface area contributed by atoms with Crippen molar-refractivity contribution < 1.29 is 0 Å². The molecule has 0 radical (unpaired) electrons. The van der Waals surface area contributed by atoms with E-state index in [1.165, 1.54) is 11.7 Å². The van der Waals surface area contributed by atoms with Crippen LogP contribution < -0.4 is 14.2 Å². The molecule has 2 heterocycles. The molecule has 7 aromatic carbocycles. The lowest BCUT2D eigenvalue weighted by molar-refractivity contribution is 0.568. The minimum absolute atomic E-state index is 0.762. The Morgan fingerprint density at radius 1 is 0.519 bits per heavy atom. The fourth-order valence-electron chi connectivity index (χ4n) is 7.24. The van der Waals surface area contributed by atoms with Crippen LogP contribution in [0.4, 0.5) is 34.1 Å². The van der Waals surface area contributed by atoms with Crippen molar-refractivity contribution in [2.75, 3.05) is 9.80 Å². The lowest BCUT2D eigenvalue weighted by atomic mass is 9.94. The Kier molecular flexibility index (Phi) is 9.08. The van der Waals surface area contributed by atoms with E-state index in [0.29, 0.717) is 0 Å². The highest BCUT2D eigenvalue weighted by molar-refractivity contribution is 7.00. The summed E-state index contributed by atoms with van der Waals surface area (Å²) in [7, 11) is 0. The molecule has 0 atom stereocenters. The predicted octanol–water partition coefficient (Wildman–Crippen LogP) is 12.4. The number of rotatable bonds is 11. The number of unbranched alkanes of at least 4 members (excludes halogenated alkanes) is 1. The van der Waals surface area contributed by atoms with Gasteiger partial charge in [0.25, 0.3) is 11.7 Å². The van der Waals surface area contributed by atoms with Gasteiger partial charge in [-0.25, -0.2) is 4.68 Å². The van der Waals surface area contributed by atoms with E-state index in [1.807, 2.05) is 24.3 Å². The molecule has 262 valence electrons. The third-order valence-electron chi connectivity index (χ3n) is 9.78. The standard InChI is InChI=1S/C46H37N7S/c1-2-3-32-51-46-42(34-26-30-40(31-27-34)53(37-20-12-6-13-21-37)38-22-14-7-15-23-38)44-43(48-54-49-44)41(45(46)47-50-51)33-24-28-39(29-25-33)52(35-16-8-4-9-17-35)36-18-10-5-11-19-36/h4-31H,2-3,32H2,1H3. The Morgan fingerprint density at radius 2 is 0.944 bits per heavy atom. The normalized spacial score (nSPS) is 11.3. The lowest BCUT2D eigenvalue weighted by Crippen LogP contribution is -2.09. The second-order valence-electron chi connectivity index (χ2n) is 13.2. The molecule has 0 saturated heterocycles. The smallest absolute Gasteiger partial charge is 0.279 e. The first-order chi connectivity index (χ1) is 26.8. The minimum Gasteiger partial charge on any atom is -0.311 e. The summed E-state index contributed by atoms with van der Waals surface area (Å²) in [6, 6.07) is 59.3. The summed E-state index contributed by atoms with van der Waals surface area (Å²) in [5, 5.41) is 9.63. The van der Waals surface area contributed by atoms with Gasteiger partial charge in [0, 0.05) is 62.8 Å². The maximum atomic E-state index is 4.95. The zero-order valence-corrected chi connectivity index (χ0v) is 30.6. The minimum atomic E-state index is 0.762. The van der Waals surface area contributed by atoms with Crippen LogP contribution in [0.3, 0.4) is 0 Å². The van der Waals surface area contributed by atoms with Crippen LogP contribution in [-0.2, 0) is 6.54 Å². The van der Waals surface area contributed by atoms with Crippen LogP contribution in [0.1, 0.15) is 19.8 Å². The molecule has 0 bridgehead atoms.